The summed E-state index contributed by atoms with van der Waals surface area (Å²) >= 11 is 0. The maximum Gasteiger partial charge on any atom is 0.0398 e. The van der Waals surface area contributed by atoms with E-state index in [9.17, 15) is 0 Å². The molecule has 2 nitrogen and oxygen atoms in total. The predicted octanol–water partition coefficient (Wildman–Crippen LogP) is 10.0. The lowest BCUT2D eigenvalue weighted by atomic mass is 9.82. The van der Waals surface area contributed by atoms with Crippen molar-refractivity contribution in [2.45, 2.75) is 132 Å². The van der Waals surface area contributed by atoms with Crippen molar-refractivity contribution in [3.05, 3.63) is 81.4 Å². The van der Waals surface area contributed by atoms with Crippen LogP contribution in [0.1, 0.15) is 128 Å². The van der Waals surface area contributed by atoms with Gasteiger partial charge >= 0.3 is 0 Å². The number of hydrogen-bond acceptors (Lipinski definition) is 2. The Labute approximate surface area is 243 Å². The van der Waals surface area contributed by atoms with Gasteiger partial charge in [-0.05, 0) is 126 Å². The molecule has 0 saturated heterocycles. The summed E-state index contributed by atoms with van der Waals surface area (Å²) < 4.78 is 0. The molecule has 2 aromatic rings. The molecule has 0 saturated carbocycles. The van der Waals surface area contributed by atoms with Crippen LogP contribution in [0.5, 0.6) is 0 Å². The van der Waals surface area contributed by atoms with Gasteiger partial charge in [-0.15, -0.1) is 0 Å². The van der Waals surface area contributed by atoms with E-state index in [4.69, 9.17) is 5.73 Å². The molecule has 0 fully saturated rings. The van der Waals surface area contributed by atoms with Crippen LogP contribution in [-0.2, 0) is 31.3 Å². The zero-order valence-electron chi connectivity index (χ0n) is 27.4. The molecule has 0 spiro atoms. The van der Waals surface area contributed by atoms with E-state index in [0.717, 1.165) is 5.92 Å². The lowest BCUT2D eigenvalue weighted by molar-refractivity contribution is 0.197. The second kappa shape index (κ2) is 18.4. The van der Waals surface area contributed by atoms with E-state index in [2.05, 4.69) is 103 Å². The molecule has 2 aromatic carbocycles. The highest BCUT2D eigenvalue weighted by molar-refractivity contribution is 5.33. The monoisotopic (exact) mass is 534 g/mol. The topological polar surface area (TPSA) is 29.3 Å². The van der Waals surface area contributed by atoms with Crippen molar-refractivity contribution in [1.82, 2.24) is 4.90 Å². The number of fused-ring (bicyclic) bond motifs is 1. The fourth-order valence-corrected chi connectivity index (χ4v) is 5.47. The van der Waals surface area contributed by atoms with Gasteiger partial charge in [0, 0.05) is 12.1 Å². The fourth-order valence-electron chi connectivity index (χ4n) is 5.47. The zero-order valence-corrected chi connectivity index (χ0v) is 27.4. The van der Waals surface area contributed by atoms with Crippen LogP contribution in [0.2, 0.25) is 0 Å². The van der Waals surface area contributed by atoms with Crippen molar-refractivity contribution < 1.29 is 0 Å². The lowest BCUT2D eigenvalue weighted by Crippen LogP contribution is -2.35. The Morgan fingerprint density at radius 2 is 1.44 bits per heavy atom. The quantitative estimate of drug-likeness (QED) is 0.374. The summed E-state index contributed by atoms with van der Waals surface area (Å²) in [4.78, 5) is 2.21. The Hall–Kier alpha value is -1.90. The Morgan fingerprint density at radius 3 is 1.95 bits per heavy atom. The molecule has 1 atom stereocenters. The minimum atomic E-state index is 0.0765. The van der Waals surface area contributed by atoms with Crippen LogP contribution in [0, 0.1) is 5.92 Å². The van der Waals surface area contributed by atoms with Crippen molar-refractivity contribution in [2.24, 2.45) is 11.7 Å². The van der Waals surface area contributed by atoms with E-state index in [-0.39, 0.29) is 5.54 Å². The normalized spacial score (nSPS) is 16.7. The van der Waals surface area contributed by atoms with E-state index < -0.39 is 0 Å². The molecule has 0 heterocycles. The zero-order chi connectivity index (χ0) is 29.4. The number of aryl methyl sites for hydroxylation is 3. The first kappa shape index (κ1) is 35.1. The van der Waals surface area contributed by atoms with Gasteiger partial charge in [0.2, 0.25) is 0 Å². The number of benzene rings is 2. The van der Waals surface area contributed by atoms with Crippen LogP contribution >= 0.6 is 0 Å². The highest BCUT2D eigenvalue weighted by Gasteiger charge is 2.22. The molecule has 2 N–H and O–H groups in total. The van der Waals surface area contributed by atoms with E-state index in [1.807, 2.05) is 13.8 Å². The predicted molar refractivity (Wildman–Crippen MR) is 175 cm³/mol. The van der Waals surface area contributed by atoms with Crippen LogP contribution in [-0.4, -0.2) is 19.0 Å². The summed E-state index contributed by atoms with van der Waals surface area (Å²) in [5.41, 5.74) is 16.3. The van der Waals surface area contributed by atoms with Gasteiger partial charge in [-0.25, -0.2) is 0 Å². The van der Waals surface area contributed by atoms with Crippen LogP contribution in [0.25, 0.3) is 0 Å². The van der Waals surface area contributed by atoms with E-state index in [1.54, 1.807) is 22.3 Å². The first-order valence-electron chi connectivity index (χ1n) is 15.9. The SMILES string of the molecule is CC.CCCC1=C(C)CCCC1C.CCc1ccc2c(c1)CCCC2.CN(C)C(C)(C)c1ccc(CN)cc1. The van der Waals surface area contributed by atoms with E-state index >= 15 is 0 Å². The molecule has 1 unspecified atom stereocenters. The molecular formula is C37H62N2. The van der Waals surface area contributed by atoms with Crippen LogP contribution in [0.15, 0.2) is 53.6 Å². The smallest absolute Gasteiger partial charge is 0.0398 e. The van der Waals surface area contributed by atoms with Crippen molar-refractivity contribution in [3.8, 4) is 0 Å². The third-order valence-electron chi connectivity index (χ3n) is 8.69. The molecule has 4 rings (SSSR count). The second-order valence-electron chi connectivity index (χ2n) is 11.9. The van der Waals surface area contributed by atoms with Crippen molar-refractivity contribution in [3.63, 3.8) is 0 Å². The van der Waals surface area contributed by atoms with Gasteiger partial charge in [0.1, 0.15) is 0 Å². The molecule has 0 aromatic heterocycles. The van der Waals surface area contributed by atoms with Gasteiger partial charge in [0.25, 0.3) is 0 Å². The number of nitrogens with two attached hydrogens (primary N) is 1. The molecule has 0 bridgehead atoms. The third kappa shape index (κ3) is 11.2. The first-order valence-corrected chi connectivity index (χ1v) is 15.9. The Morgan fingerprint density at radius 1 is 0.846 bits per heavy atom. The van der Waals surface area contributed by atoms with Gasteiger partial charge in [-0.3, -0.25) is 0 Å². The number of hydrogen-bond donors (Lipinski definition) is 1. The molecule has 2 aliphatic carbocycles. The average molecular weight is 535 g/mol. The highest BCUT2D eigenvalue weighted by Crippen LogP contribution is 2.32. The van der Waals surface area contributed by atoms with Crippen molar-refractivity contribution in [1.29, 1.82) is 0 Å². The standard InChI is InChI=1S/C12H20N2.C12H16.C11H20.C2H6/c1-12(2,14(3)4)11-7-5-10(9-13)6-8-11;1-2-10-7-8-11-5-3-4-6-12(11)9-10;1-4-6-11-9(2)7-5-8-10(11)3;1-2/h5-8H,9,13H2,1-4H3;7-9H,2-6H2,1H3;9H,4-8H2,1-3H3;1-2H3. The first-order chi connectivity index (χ1) is 18.6. The molecule has 0 radical (unpaired) electrons. The third-order valence-corrected chi connectivity index (χ3v) is 8.69. The molecule has 2 heteroatoms. The minimum absolute atomic E-state index is 0.0765. The molecule has 220 valence electrons. The summed E-state index contributed by atoms with van der Waals surface area (Å²) in [6, 6.07) is 15.5. The van der Waals surface area contributed by atoms with Crippen LogP contribution < -0.4 is 5.73 Å². The number of rotatable bonds is 6. The Bertz CT molecular complexity index is 965. The van der Waals surface area contributed by atoms with E-state index in [1.165, 1.54) is 80.9 Å². The van der Waals surface area contributed by atoms with Crippen molar-refractivity contribution in [2.75, 3.05) is 14.1 Å². The molecule has 0 amide bonds. The molecule has 2 aliphatic rings. The van der Waals surface area contributed by atoms with Crippen LogP contribution in [0.4, 0.5) is 0 Å². The van der Waals surface area contributed by atoms with Gasteiger partial charge < -0.3 is 10.6 Å². The fraction of sp³-hybridized carbons (Fsp3) is 0.622. The maximum atomic E-state index is 5.56. The second-order valence-corrected chi connectivity index (χ2v) is 11.9. The average Bonchev–Trinajstić information content (AvgIpc) is 2.96. The Balaban J connectivity index is 0.000000285. The largest absolute Gasteiger partial charge is 0.326 e. The Kier molecular flexibility index (Phi) is 16.6. The van der Waals surface area contributed by atoms with Gasteiger partial charge in [0.05, 0.1) is 0 Å². The summed E-state index contributed by atoms with van der Waals surface area (Å²) in [6.45, 7) is 18.2. The summed E-state index contributed by atoms with van der Waals surface area (Å²) in [6.07, 6.45) is 13.4. The maximum absolute atomic E-state index is 5.56. The molecular weight excluding hydrogens is 472 g/mol. The lowest BCUT2D eigenvalue weighted by Gasteiger charge is -2.33. The summed E-state index contributed by atoms with van der Waals surface area (Å²) in [7, 11) is 4.19. The highest BCUT2D eigenvalue weighted by atomic mass is 15.1. The summed E-state index contributed by atoms with van der Waals surface area (Å²) in [5.74, 6) is 0.878. The minimum Gasteiger partial charge on any atom is -0.326 e. The number of nitrogens with zero attached hydrogens (tertiary/aromatic N) is 1. The molecule has 0 aliphatic heterocycles. The van der Waals surface area contributed by atoms with Crippen molar-refractivity contribution >= 4 is 0 Å². The van der Waals surface area contributed by atoms with Gasteiger partial charge in [-0.2, -0.15) is 0 Å². The number of allylic oxidation sites excluding steroid dienone is 2. The van der Waals surface area contributed by atoms with E-state index in [0.29, 0.717) is 6.54 Å². The summed E-state index contributed by atoms with van der Waals surface area (Å²) in [5, 5.41) is 0. The van der Waals surface area contributed by atoms with Gasteiger partial charge in [0.15, 0.2) is 0 Å². The van der Waals surface area contributed by atoms with Gasteiger partial charge in [-0.1, -0.05) is 94.7 Å². The molecule has 39 heavy (non-hydrogen) atoms. The van der Waals surface area contributed by atoms with Crippen LogP contribution in [0.3, 0.4) is 0 Å².